The molecule has 3 heterocycles. The van der Waals surface area contributed by atoms with Crippen LogP contribution < -0.4 is 24.6 Å². The number of anilines is 2. The number of thioether (sulfide) groups is 1. The highest BCUT2D eigenvalue weighted by Gasteiger charge is 2.57. The molecule has 12 nitrogen and oxygen atoms in total. The van der Waals surface area contributed by atoms with Crippen molar-refractivity contribution < 1.29 is 33.2 Å². The highest BCUT2D eigenvalue weighted by Crippen LogP contribution is 2.54. The molecule has 45 heavy (non-hydrogen) atoms. The third kappa shape index (κ3) is 5.33. The van der Waals surface area contributed by atoms with Crippen LogP contribution in [0.25, 0.3) is 0 Å². The molecule has 0 saturated carbocycles. The van der Waals surface area contributed by atoms with Gasteiger partial charge in [-0.05, 0) is 54.1 Å². The fraction of sp³-hybridized carbons (Fsp3) is 0.200. The van der Waals surface area contributed by atoms with E-state index in [1.165, 1.54) is 67.3 Å². The molecular formula is C30H23FN4O8S2. The van der Waals surface area contributed by atoms with Gasteiger partial charge in [0.25, 0.3) is 5.69 Å². The van der Waals surface area contributed by atoms with E-state index in [1.807, 2.05) is 0 Å². The summed E-state index contributed by atoms with van der Waals surface area (Å²) >= 11 is 1.90. The van der Waals surface area contributed by atoms with Gasteiger partial charge in [0.05, 0.1) is 35.8 Å². The van der Waals surface area contributed by atoms with Gasteiger partial charge in [0.15, 0.2) is 11.5 Å². The number of nitrogens with zero attached hydrogens (tertiary/aromatic N) is 3. The summed E-state index contributed by atoms with van der Waals surface area (Å²) in [6, 6.07) is 15.3. The van der Waals surface area contributed by atoms with Gasteiger partial charge >= 0.3 is 4.87 Å². The quantitative estimate of drug-likeness (QED) is 0.166. The lowest BCUT2D eigenvalue weighted by Gasteiger charge is -2.31. The van der Waals surface area contributed by atoms with Crippen LogP contribution in [0.4, 0.5) is 21.5 Å². The van der Waals surface area contributed by atoms with Gasteiger partial charge in [-0.2, -0.15) is 0 Å². The van der Waals surface area contributed by atoms with Gasteiger partial charge in [0.1, 0.15) is 17.6 Å². The standard InChI is InChI=1S/C30H23FN4O8S2/c1-42-20-12-3-15(13-21(20)43-2)23-24-25(28(38)34(27(24)37)18-8-10-19(11-9-18)35(40)41)44-29-26(23)45-30(39)33(29)14-22(36)32-17-6-4-16(31)5-7-17/h3-13,23-25H,14H2,1-2H3,(H,32,36). The third-order valence-corrected chi connectivity index (χ3v) is 10.2. The molecule has 15 heteroatoms. The zero-order valence-corrected chi connectivity index (χ0v) is 25.2. The molecule has 1 N–H and O–H groups in total. The molecule has 0 aliphatic carbocycles. The van der Waals surface area contributed by atoms with Crippen LogP contribution in [0, 0.1) is 21.8 Å². The van der Waals surface area contributed by atoms with Crippen LogP contribution in [0.1, 0.15) is 16.4 Å². The first-order valence-electron chi connectivity index (χ1n) is 13.4. The van der Waals surface area contributed by atoms with Crippen LogP contribution in [-0.4, -0.2) is 46.7 Å². The van der Waals surface area contributed by atoms with Crippen molar-refractivity contribution in [1.29, 1.82) is 0 Å². The zero-order valence-electron chi connectivity index (χ0n) is 23.6. The van der Waals surface area contributed by atoms with Crippen molar-refractivity contribution >= 4 is 57.9 Å². The second-order valence-corrected chi connectivity index (χ2v) is 12.2. The summed E-state index contributed by atoms with van der Waals surface area (Å²) in [4.78, 5) is 66.0. The van der Waals surface area contributed by atoms with E-state index in [2.05, 4.69) is 5.32 Å². The summed E-state index contributed by atoms with van der Waals surface area (Å²) in [5, 5.41) is 13.2. The number of imide groups is 1. The van der Waals surface area contributed by atoms with E-state index < -0.39 is 50.4 Å². The minimum Gasteiger partial charge on any atom is -0.493 e. The number of nitrogens with one attached hydrogen (secondary N) is 1. The molecule has 1 fully saturated rings. The minimum atomic E-state index is -0.973. The van der Waals surface area contributed by atoms with Crippen LogP contribution in [0.3, 0.4) is 0 Å². The molecule has 3 unspecified atom stereocenters. The summed E-state index contributed by atoms with van der Waals surface area (Å²) in [5.41, 5.74) is 0.902. The van der Waals surface area contributed by atoms with Crippen LogP contribution in [0.15, 0.2) is 76.6 Å². The van der Waals surface area contributed by atoms with E-state index in [0.717, 1.165) is 28.0 Å². The average molecular weight is 651 g/mol. The van der Waals surface area contributed by atoms with E-state index in [-0.39, 0.29) is 17.9 Å². The Bertz CT molecular complexity index is 1910. The van der Waals surface area contributed by atoms with Crippen molar-refractivity contribution in [2.45, 2.75) is 22.7 Å². The summed E-state index contributed by atoms with van der Waals surface area (Å²) in [6.07, 6.45) is 0. The zero-order chi connectivity index (χ0) is 32.0. The average Bonchev–Trinajstić information content (AvgIpc) is 3.47. The van der Waals surface area contributed by atoms with Gasteiger partial charge in [-0.1, -0.05) is 29.2 Å². The molecule has 0 spiro atoms. The molecule has 3 amide bonds. The normalized spacial score (nSPS) is 18.7. The Morgan fingerprint density at radius 3 is 2.31 bits per heavy atom. The number of aromatic nitrogens is 1. The van der Waals surface area contributed by atoms with Gasteiger partial charge in [-0.3, -0.25) is 33.9 Å². The number of amides is 3. The first-order valence-corrected chi connectivity index (χ1v) is 15.1. The Morgan fingerprint density at radius 2 is 1.67 bits per heavy atom. The molecule has 3 aromatic carbocycles. The maximum absolute atomic E-state index is 14.1. The number of non-ortho nitro benzene ring substituents is 1. The van der Waals surface area contributed by atoms with E-state index in [9.17, 15) is 33.7 Å². The molecule has 6 rings (SSSR count). The number of benzene rings is 3. The fourth-order valence-electron chi connectivity index (χ4n) is 5.52. The lowest BCUT2D eigenvalue weighted by atomic mass is 9.83. The molecular weight excluding hydrogens is 627 g/mol. The maximum Gasteiger partial charge on any atom is 0.308 e. The lowest BCUT2D eigenvalue weighted by molar-refractivity contribution is -0.384. The summed E-state index contributed by atoms with van der Waals surface area (Å²) < 4.78 is 25.5. The number of carbonyl (C=O) groups excluding carboxylic acids is 3. The van der Waals surface area contributed by atoms with E-state index in [4.69, 9.17) is 9.47 Å². The third-order valence-electron chi connectivity index (χ3n) is 7.56. The molecule has 1 saturated heterocycles. The summed E-state index contributed by atoms with van der Waals surface area (Å²) in [5.74, 6) is -3.00. The SMILES string of the molecule is COc1ccc(C2c3sc(=O)n(CC(=O)Nc4ccc(F)cc4)c3SC3C(=O)N(c4ccc([N+](=O)[O-])cc4)C(=O)C32)cc1OC. The Labute approximate surface area is 262 Å². The first-order chi connectivity index (χ1) is 21.6. The number of hydrogen-bond donors (Lipinski definition) is 1. The topological polar surface area (TPSA) is 150 Å². The van der Waals surface area contributed by atoms with Gasteiger partial charge in [-0.25, -0.2) is 9.29 Å². The molecule has 4 aromatic rings. The minimum absolute atomic E-state index is 0.177. The maximum atomic E-state index is 14.1. The Hall–Kier alpha value is -5.02. The monoisotopic (exact) mass is 650 g/mol. The number of nitro groups is 1. The van der Waals surface area contributed by atoms with Crippen molar-refractivity contribution in [3.8, 4) is 11.5 Å². The van der Waals surface area contributed by atoms with E-state index >= 15 is 0 Å². The highest BCUT2D eigenvalue weighted by atomic mass is 32.2. The van der Waals surface area contributed by atoms with Gasteiger partial charge in [0.2, 0.25) is 17.7 Å². The Balaban J connectivity index is 1.43. The smallest absolute Gasteiger partial charge is 0.308 e. The van der Waals surface area contributed by atoms with Crippen molar-refractivity contribution in [3.63, 3.8) is 0 Å². The van der Waals surface area contributed by atoms with E-state index in [0.29, 0.717) is 32.7 Å². The Kier molecular flexibility index (Phi) is 7.88. The number of thiazole rings is 1. The number of nitro benzene ring substituents is 1. The molecule has 3 atom stereocenters. The van der Waals surface area contributed by atoms with Crippen LogP contribution >= 0.6 is 23.1 Å². The number of methoxy groups -OCH3 is 2. The number of carbonyl (C=O) groups is 3. The highest BCUT2D eigenvalue weighted by molar-refractivity contribution is 8.00. The van der Waals surface area contributed by atoms with E-state index in [1.54, 1.807) is 18.2 Å². The lowest BCUT2D eigenvalue weighted by Crippen LogP contribution is -2.33. The fourth-order valence-corrected chi connectivity index (χ4v) is 8.29. The van der Waals surface area contributed by atoms with Gasteiger partial charge in [-0.15, -0.1) is 0 Å². The van der Waals surface area contributed by atoms with Gasteiger partial charge < -0.3 is 14.8 Å². The predicted molar refractivity (Wildman–Crippen MR) is 164 cm³/mol. The first kappa shape index (κ1) is 30.0. The van der Waals surface area contributed by atoms with Crippen LogP contribution in [-0.2, 0) is 20.9 Å². The molecule has 2 aliphatic rings. The van der Waals surface area contributed by atoms with Crippen molar-refractivity contribution in [2.75, 3.05) is 24.4 Å². The molecule has 2 aliphatic heterocycles. The molecule has 0 radical (unpaired) electrons. The van der Waals surface area contributed by atoms with Crippen molar-refractivity contribution in [3.05, 3.63) is 103 Å². The second kappa shape index (κ2) is 11.8. The van der Waals surface area contributed by atoms with Crippen molar-refractivity contribution in [1.82, 2.24) is 4.57 Å². The Morgan fingerprint density at radius 1 is 0.978 bits per heavy atom. The number of rotatable bonds is 8. The molecule has 0 bridgehead atoms. The van der Waals surface area contributed by atoms with Crippen LogP contribution in [0.2, 0.25) is 0 Å². The largest absolute Gasteiger partial charge is 0.493 e. The predicted octanol–water partition coefficient (Wildman–Crippen LogP) is 4.41. The van der Waals surface area contributed by atoms with Gasteiger partial charge in [0, 0.05) is 28.6 Å². The molecule has 230 valence electrons. The number of fused-ring (bicyclic) bond motifs is 2. The van der Waals surface area contributed by atoms with Crippen LogP contribution in [0.5, 0.6) is 11.5 Å². The number of ether oxygens (including phenoxy) is 2. The number of halogens is 1. The summed E-state index contributed by atoms with van der Waals surface area (Å²) in [7, 11) is 2.94. The number of hydrogen-bond acceptors (Lipinski definition) is 10. The second-order valence-electron chi connectivity index (χ2n) is 10.1. The summed E-state index contributed by atoms with van der Waals surface area (Å²) in [6.45, 7) is -0.390. The molecule has 1 aromatic heterocycles. The van der Waals surface area contributed by atoms with Crippen molar-refractivity contribution in [2.24, 2.45) is 5.92 Å².